The molecule has 1 rings (SSSR count). The Morgan fingerprint density at radius 1 is 1.25 bits per heavy atom. The van der Waals surface area contributed by atoms with Gasteiger partial charge in [0.05, 0.1) is 0 Å². The number of piperazine rings is 1. The second-order valence-electron chi connectivity index (χ2n) is 6.37. The van der Waals surface area contributed by atoms with E-state index in [0.29, 0.717) is 18.5 Å². The summed E-state index contributed by atoms with van der Waals surface area (Å²) in [6.07, 6.45) is -2.47. The van der Waals surface area contributed by atoms with Crippen LogP contribution in [0.5, 0.6) is 0 Å². The highest BCUT2D eigenvalue weighted by Crippen LogP contribution is 2.27. The van der Waals surface area contributed by atoms with Crippen LogP contribution in [-0.2, 0) is 0 Å². The molecule has 1 N–H and O–H groups in total. The monoisotopic (exact) mass is 294 g/mol. The Morgan fingerprint density at radius 3 is 2.30 bits per heavy atom. The third kappa shape index (κ3) is 4.92. The lowest BCUT2D eigenvalue weighted by Crippen LogP contribution is -2.65. The quantitative estimate of drug-likeness (QED) is 0.801. The SMILES string of the molecule is CCC1(CC)CN(CCCC(F)(F)F)C(C(C)C)CN1. The summed E-state index contributed by atoms with van der Waals surface area (Å²) in [7, 11) is 0. The van der Waals surface area contributed by atoms with Crippen LogP contribution in [0.4, 0.5) is 13.2 Å². The lowest BCUT2D eigenvalue weighted by Gasteiger charge is -2.49. The van der Waals surface area contributed by atoms with Crippen LogP contribution in [0.25, 0.3) is 0 Å². The van der Waals surface area contributed by atoms with Crippen LogP contribution in [0.15, 0.2) is 0 Å². The highest BCUT2D eigenvalue weighted by Gasteiger charge is 2.38. The zero-order valence-corrected chi connectivity index (χ0v) is 13.2. The molecule has 0 radical (unpaired) electrons. The van der Waals surface area contributed by atoms with E-state index in [4.69, 9.17) is 0 Å². The molecule has 1 aliphatic heterocycles. The Hall–Kier alpha value is -0.290. The Balaban J connectivity index is 2.64. The van der Waals surface area contributed by atoms with Crippen molar-refractivity contribution in [2.75, 3.05) is 19.6 Å². The summed E-state index contributed by atoms with van der Waals surface area (Å²) in [4.78, 5) is 2.28. The Labute approximate surface area is 121 Å². The molecule has 1 saturated heterocycles. The van der Waals surface area contributed by atoms with E-state index in [9.17, 15) is 13.2 Å². The van der Waals surface area contributed by atoms with Gasteiger partial charge in [0.15, 0.2) is 0 Å². The van der Waals surface area contributed by atoms with Crippen molar-refractivity contribution in [2.24, 2.45) is 5.92 Å². The van der Waals surface area contributed by atoms with Crippen LogP contribution in [0.2, 0.25) is 0 Å². The molecule has 1 unspecified atom stereocenters. The predicted octanol–water partition coefficient (Wildman–Crippen LogP) is 3.82. The van der Waals surface area contributed by atoms with Crippen LogP contribution in [0.3, 0.4) is 0 Å². The fraction of sp³-hybridized carbons (Fsp3) is 1.00. The van der Waals surface area contributed by atoms with Gasteiger partial charge < -0.3 is 5.32 Å². The van der Waals surface area contributed by atoms with E-state index in [-0.39, 0.29) is 12.0 Å². The van der Waals surface area contributed by atoms with Gasteiger partial charge >= 0.3 is 6.18 Å². The summed E-state index contributed by atoms with van der Waals surface area (Å²) < 4.78 is 37.0. The van der Waals surface area contributed by atoms with Gasteiger partial charge in [0.2, 0.25) is 0 Å². The maximum absolute atomic E-state index is 12.3. The molecule has 0 amide bonds. The molecule has 1 aliphatic rings. The molecule has 1 fully saturated rings. The first-order valence-electron chi connectivity index (χ1n) is 7.79. The van der Waals surface area contributed by atoms with Crippen molar-refractivity contribution in [3.05, 3.63) is 0 Å². The molecule has 0 bridgehead atoms. The molecule has 0 spiro atoms. The summed E-state index contributed by atoms with van der Waals surface area (Å²) in [5, 5.41) is 3.64. The van der Waals surface area contributed by atoms with Gasteiger partial charge in [-0.15, -0.1) is 0 Å². The maximum Gasteiger partial charge on any atom is 0.389 e. The molecular formula is C15H29F3N2. The van der Waals surface area contributed by atoms with Crippen molar-refractivity contribution in [3.63, 3.8) is 0 Å². The molecule has 0 aromatic rings. The first kappa shape index (κ1) is 17.8. The molecule has 120 valence electrons. The number of hydrogen-bond donors (Lipinski definition) is 1. The van der Waals surface area contributed by atoms with E-state index in [1.165, 1.54) is 0 Å². The number of halogens is 3. The van der Waals surface area contributed by atoms with Crippen LogP contribution in [-0.4, -0.2) is 42.3 Å². The molecule has 1 heterocycles. The number of nitrogens with one attached hydrogen (secondary N) is 1. The minimum absolute atomic E-state index is 0.0730. The summed E-state index contributed by atoms with van der Waals surface area (Å²) in [6.45, 7) is 10.9. The number of alkyl halides is 3. The topological polar surface area (TPSA) is 15.3 Å². The van der Waals surface area contributed by atoms with Crippen LogP contribution in [0.1, 0.15) is 53.4 Å². The highest BCUT2D eigenvalue weighted by atomic mass is 19.4. The van der Waals surface area contributed by atoms with E-state index in [1.807, 2.05) is 0 Å². The average Bonchev–Trinajstić information content (AvgIpc) is 2.36. The number of nitrogens with zero attached hydrogens (tertiary/aromatic N) is 1. The molecule has 0 aliphatic carbocycles. The third-order valence-electron chi connectivity index (χ3n) is 4.69. The standard InChI is InChI=1S/C15H29F3N2/c1-5-14(6-2)11-20(9-7-8-15(16,17)18)13(10-19-14)12(3)4/h12-13,19H,5-11H2,1-4H3. The molecule has 1 atom stereocenters. The first-order chi connectivity index (χ1) is 9.23. The van der Waals surface area contributed by atoms with Gasteiger partial charge in [0, 0.05) is 31.1 Å². The van der Waals surface area contributed by atoms with E-state index in [1.54, 1.807) is 0 Å². The average molecular weight is 294 g/mol. The van der Waals surface area contributed by atoms with Crippen LogP contribution < -0.4 is 5.32 Å². The largest absolute Gasteiger partial charge is 0.389 e. The lowest BCUT2D eigenvalue weighted by molar-refractivity contribution is -0.137. The fourth-order valence-electron chi connectivity index (χ4n) is 3.12. The predicted molar refractivity (Wildman–Crippen MR) is 76.8 cm³/mol. The second-order valence-corrected chi connectivity index (χ2v) is 6.37. The van der Waals surface area contributed by atoms with Crippen molar-refractivity contribution >= 4 is 0 Å². The van der Waals surface area contributed by atoms with E-state index < -0.39 is 12.6 Å². The van der Waals surface area contributed by atoms with Crippen molar-refractivity contribution in [1.29, 1.82) is 0 Å². The van der Waals surface area contributed by atoms with Gasteiger partial charge in [0.25, 0.3) is 0 Å². The van der Waals surface area contributed by atoms with E-state index in [2.05, 4.69) is 37.9 Å². The Kier molecular flexibility index (Phi) is 6.32. The number of rotatable bonds is 6. The molecule has 0 aromatic heterocycles. The minimum Gasteiger partial charge on any atom is -0.308 e. The number of hydrogen-bond acceptors (Lipinski definition) is 2. The van der Waals surface area contributed by atoms with Crippen molar-refractivity contribution < 1.29 is 13.2 Å². The van der Waals surface area contributed by atoms with Gasteiger partial charge in [-0.2, -0.15) is 13.2 Å². The molecular weight excluding hydrogens is 265 g/mol. The van der Waals surface area contributed by atoms with Crippen LogP contribution in [0, 0.1) is 5.92 Å². The van der Waals surface area contributed by atoms with Gasteiger partial charge in [0.1, 0.15) is 0 Å². The molecule has 20 heavy (non-hydrogen) atoms. The fourth-order valence-corrected chi connectivity index (χ4v) is 3.12. The Morgan fingerprint density at radius 2 is 1.85 bits per heavy atom. The highest BCUT2D eigenvalue weighted by molar-refractivity contribution is 4.97. The lowest BCUT2D eigenvalue weighted by atomic mass is 9.86. The molecule has 2 nitrogen and oxygen atoms in total. The summed E-state index contributed by atoms with van der Waals surface area (Å²) in [5.41, 5.74) is 0.0730. The second kappa shape index (κ2) is 7.12. The summed E-state index contributed by atoms with van der Waals surface area (Å²) >= 11 is 0. The third-order valence-corrected chi connectivity index (χ3v) is 4.69. The maximum atomic E-state index is 12.3. The molecule has 0 aromatic carbocycles. The summed E-state index contributed by atoms with van der Waals surface area (Å²) in [5.74, 6) is 0.458. The first-order valence-corrected chi connectivity index (χ1v) is 7.79. The molecule has 5 heteroatoms. The van der Waals surface area contributed by atoms with Gasteiger partial charge in [-0.1, -0.05) is 27.7 Å². The van der Waals surface area contributed by atoms with Crippen LogP contribution >= 0.6 is 0 Å². The van der Waals surface area contributed by atoms with Crippen molar-refractivity contribution in [1.82, 2.24) is 10.2 Å². The van der Waals surface area contributed by atoms with E-state index in [0.717, 1.165) is 25.9 Å². The molecule has 0 saturated carbocycles. The van der Waals surface area contributed by atoms with Crippen molar-refractivity contribution in [3.8, 4) is 0 Å². The van der Waals surface area contributed by atoms with E-state index >= 15 is 0 Å². The van der Waals surface area contributed by atoms with Gasteiger partial charge in [-0.05, 0) is 31.7 Å². The van der Waals surface area contributed by atoms with Gasteiger partial charge in [-0.3, -0.25) is 4.90 Å². The summed E-state index contributed by atoms with van der Waals surface area (Å²) in [6, 6.07) is 0.342. The Bertz CT molecular complexity index is 285. The minimum atomic E-state index is -4.03. The van der Waals surface area contributed by atoms with Crippen molar-refractivity contribution in [2.45, 2.75) is 71.1 Å². The smallest absolute Gasteiger partial charge is 0.308 e. The zero-order valence-electron chi connectivity index (χ0n) is 13.2. The zero-order chi connectivity index (χ0) is 15.4. The normalized spacial score (nSPS) is 24.3. The van der Waals surface area contributed by atoms with Gasteiger partial charge in [-0.25, -0.2) is 0 Å².